The summed E-state index contributed by atoms with van der Waals surface area (Å²) in [6.07, 6.45) is 4.88. The van der Waals surface area contributed by atoms with Gasteiger partial charge in [0.25, 0.3) is 11.8 Å². The first-order valence-corrected chi connectivity index (χ1v) is 11.2. The Balaban J connectivity index is 1.25. The van der Waals surface area contributed by atoms with Crippen LogP contribution in [0.2, 0.25) is 0 Å². The number of piperazine rings is 1. The zero-order valence-electron chi connectivity index (χ0n) is 17.8. The molecule has 0 spiro atoms. The lowest BCUT2D eigenvalue weighted by Gasteiger charge is -2.32. The lowest BCUT2D eigenvalue weighted by Crippen LogP contribution is -3.15. The summed E-state index contributed by atoms with van der Waals surface area (Å²) >= 11 is 0. The van der Waals surface area contributed by atoms with Gasteiger partial charge in [0.15, 0.2) is 6.54 Å². The van der Waals surface area contributed by atoms with Crippen LogP contribution in [0.4, 0.5) is 0 Å². The summed E-state index contributed by atoms with van der Waals surface area (Å²) in [5, 5.41) is 3.17. The average molecular weight is 407 g/mol. The van der Waals surface area contributed by atoms with Crippen molar-refractivity contribution >= 4 is 11.8 Å². The third-order valence-corrected chi connectivity index (χ3v) is 6.44. The number of hydrogen-bond acceptors (Lipinski definition) is 2. The SMILES string of the molecule is C[C@H](NC(=O)C[NH+]1CCN(C(=O)c2ccccc2)CC1)c1ccc2c(c1)CCCC2. The fraction of sp³-hybridized carbons (Fsp3) is 0.440. The Bertz CT molecular complexity index is 889. The zero-order valence-corrected chi connectivity index (χ0v) is 17.8. The molecule has 0 radical (unpaired) electrons. The molecule has 0 unspecified atom stereocenters. The van der Waals surface area contributed by atoms with E-state index in [1.807, 2.05) is 35.2 Å². The highest BCUT2D eigenvalue weighted by Gasteiger charge is 2.26. The molecule has 2 N–H and O–H groups in total. The first kappa shape index (κ1) is 20.6. The molecule has 1 heterocycles. The van der Waals surface area contributed by atoms with Crippen LogP contribution < -0.4 is 10.2 Å². The van der Waals surface area contributed by atoms with E-state index < -0.39 is 0 Å². The number of benzene rings is 2. The highest BCUT2D eigenvalue weighted by molar-refractivity contribution is 5.94. The molecule has 5 nitrogen and oxygen atoms in total. The van der Waals surface area contributed by atoms with Gasteiger partial charge in [-0.05, 0) is 61.4 Å². The van der Waals surface area contributed by atoms with Crippen molar-refractivity contribution in [3.8, 4) is 0 Å². The second-order valence-corrected chi connectivity index (χ2v) is 8.61. The summed E-state index contributed by atoms with van der Waals surface area (Å²) < 4.78 is 0. The largest absolute Gasteiger partial charge is 0.345 e. The molecule has 1 fully saturated rings. The number of nitrogens with one attached hydrogen (secondary N) is 2. The molecular weight excluding hydrogens is 374 g/mol. The van der Waals surface area contributed by atoms with E-state index in [1.165, 1.54) is 40.9 Å². The number of fused-ring (bicyclic) bond motifs is 1. The van der Waals surface area contributed by atoms with Crippen molar-refractivity contribution in [3.05, 3.63) is 70.8 Å². The minimum atomic E-state index is 0.0186. The van der Waals surface area contributed by atoms with Gasteiger partial charge in [0.05, 0.1) is 32.2 Å². The van der Waals surface area contributed by atoms with Gasteiger partial charge in [0, 0.05) is 5.56 Å². The van der Waals surface area contributed by atoms with E-state index in [0.717, 1.165) is 25.1 Å². The molecule has 0 bridgehead atoms. The Hall–Kier alpha value is -2.66. The summed E-state index contributed by atoms with van der Waals surface area (Å²) in [5.41, 5.74) is 4.84. The molecule has 2 aliphatic rings. The molecule has 2 aromatic carbocycles. The van der Waals surface area contributed by atoms with Crippen molar-refractivity contribution < 1.29 is 14.5 Å². The van der Waals surface area contributed by atoms with Crippen molar-refractivity contribution in [1.82, 2.24) is 10.2 Å². The van der Waals surface area contributed by atoms with Crippen molar-refractivity contribution in [2.45, 2.75) is 38.6 Å². The van der Waals surface area contributed by atoms with E-state index >= 15 is 0 Å². The monoisotopic (exact) mass is 406 g/mol. The maximum Gasteiger partial charge on any atom is 0.275 e. The van der Waals surface area contributed by atoms with Crippen LogP contribution in [-0.2, 0) is 17.6 Å². The minimum Gasteiger partial charge on any atom is -0.345 e. The maximum absolute atomic E-state index is 12.6. The third kappa shape index (κ3) is 4.90. The molecular formula is C25H32N3O2+. The number of rotatable bonds is 5. The van der Waals surface area contributed by atoms with Gasteiger partial charge in [0.1, 0.15) is 0 Å². The summed E-state index contributed by atoms with van der Waals surface area (Å²) in [6, 6.07) is 16.1. The molecule has 158 valence electrons. The molecule has 30 heavy (non-hydrogen) atoms. The standard InChI is InChI=1S/C25H31N3O2/c1-19(22-12-11-20-7-5-6-10-23(20)17-22)26-24(29)18-27-13-15-28(16-14-27)25(30)21-8-3-2-4-9-21/h2-4,8-9,11-12,17,19H,5-7,10,13-16,18H2,1H3,(H,26,29)/p+1/t19-/m0/s1. The van der Waals surface area contributed by atoms with Gasteiger partial charge < -0.3 is 15.1 Å². The third-order valence-electron chi connectivity index (χ3n) is 6.44. The summed E-state index contributed by atoms with van der Waals surface area (Å²) in [7, 11) is 0. The summed E-state index contributed by atoms with van der Waals surface area (Å²) in [5.74, 6) is 0.165. The number of aryl methyl sites for hydroxylation is 2. The van der Waals surface area contributed by atoms with Gasteiger partial charge in [-0.1, -0.05) is 36.4 Å². The molecule has 1 aliphatic heterocycles. The van der Waals surface area contributed by atoms with E-state index in [9.17, 15) is 9.59 Å². The average Bonchev–Trinajstić information content (AvgIpc) is 2.79. The fourth-order valence-electron chi connectivity index (χ4n) is 4.59. The van der Waals surface area contributed by atoms with Gasteiger partial charge in [0.2, 0.25) is 0 Å². The Kier molecular flexibility index (Phi) is 6.48. The normalized spacial score (nSPS) is 17.8. The molecule has 2 amide bonds. The predicted molar refractivity (Wildman–Crippen MR) is 118 cm³/mol. The first-order valence-electron chi connectivity index (χ1n) is 11.2. The maximum atomic E-state index is 12.6. The highest BCUT2D eigenvalue weighted by Crippen LogP contribution is 2.24. The van der Waals surface area contributed by atoms with Crippen molar-refractivity contribution in [3.63, 3.8) is 0 Å². The van der Waals surface area contributed by atoms with Gasteiger partial charge >= 0.3 is 0 Å². The summed E-state index contributed by atoms with van der Waals surface area (Å²) in [4.78, 5) is 28.3. The predicted octanol–water partition coefficient (Wildman–Crippen LogP) is 1.78. The number of carbonyl (C=O) groups is 2. The van der Waals surface area contributed by atoms with Gasteiger partial charge in [-0.2, -0.15) is 0 Å². The quantitative estimate of drug-likeness (QED) is 0.795. The molecule has 0 aromatic heterocycles. The molecule has 1 aliphatic carbocycles. The van der Waals surface area contributed by atoms with Crippen LogP contribution in [-0.4, -0.2) is 49.4 Å². The molecule has 1 atom stereocenters. The first-order chi connectivity index (χ1) is 14.6. The van der Waals surface area contributed by atoms with Crippen LogP contribution in [0.1, 0.15) is 52.9 Å². The molecule has 1 saturated heterocycles. The van der Waals surface area contributed by atoms with Crippen molar-refractivity contribution in [2.75, 3.05) is 32.7 Å². The second-order valence-electron chi connectivity index (χ2n) is 8.61. The van der Waals surface area contributed by atoms with Crippen molar-refractivity contribution in [2.24, 2.45) is 0 Å². The minimum absolute atomic E-state index is 0.0186. The van der Waals surface area contributed by atoms with E-state index in [-0.39, 0.29) is 17.9 Å². The number of nitrogens with zero attached hydrogens (tertiary/aromatic N) is 1. The lowest BCUT2D eigenvalue weighted by atomic mass is 9.89. The lowest BCUT2D eigenvalue weighted by molar-refractivity contribution is -0.896. The van der Waals surface area contributed by atoms with E-state index in [1.54, 1.807) is 0 Å². The van der Waals surface area contributed by atoms with E-state index in [2.05, 4.69) is 30.4 Å². The topological polar surface area (TPSA) is 53.9 Å². The number of quaternary nitrogens is 1. The number of carbonyl (C=O) groups excluding carboxylic acids is 2. The molecule has 5 heteroatoms. The number of hydrogen-bond donors (Lipinski definition) is 2. The van der Waals surface area contributed by atoms with Crippen LogP contribution in [0.5, 0.6) is 0 Å². The zero-order chi connectivity index (χ0) is 20.9. The van der Waals surface area contributed by atoms with Crippen LogP contribution in [0, 0.1) is 0 Å². The Labute approximate surface area is 179 Å². The van der Waals surface area contributed by atoms with Crippen LogP contribution in [0.15, 0.2) is 48.5 Å². The van der Waals surface area contributed by atoms with Crippen LogP contribution >= 0.6 is 0 Å². The molecule has 2 aromatic rings. The second kappa shape index (κ2) is 9.43. The molecule has 0 saturated carbocycles. The highest BCUT2D eigenvalue weighted by atomic mass is 16.2. The smallest absolute Gasteiger partial charge is 0.275 e. The van der Waals surface area contributed by atoms with Gasteiger partial charge in [-0.3, -0.25) is 9.59 Å². The van der Waals surface area contributed by atoms with Gasteiger partial charge in [-0.15, -0.1) is 0 Å². The Morgan fingerprint density at radius 1 is 1.00 bits per heavy atom. The van der Waals surface area contributed by atoms with E-state index in [0.29, 0.717) is 19.6 Å². The Morgan fingerprint density at radius 2 is 1.70 bits per heavy atom. The van der Waals surface area contributed by atoms with Crippen LogP contribution in [0.3, 0.4) is 0 Å². The van der Waals surface area contributed by atoms with Crippen LogP contribution in [0.25, 0.3) is 0 Å². The van der Waals surface area contributed by atoms with E-state index in [4.69, 9.17) is 0 Å². The summed E-state index contributed by atoms with van der Waals surface area (Å²) in [6.45, 7) is 5.52. The fourth-order valence-corrected chi connectivity index (χ4v) is 4.59. The number of amides is 2. The Morgan fingerprint density at radius 3 is 2.43 bits per heavy atom. The van der Waals surface area contributed by atoms with Crippen molar-refractivity contribution in [1.29, 1.82) is 0 Å². The van der Waals surface area contributed by atoms with Gasteiger partial charge in [-0.25, -0.2) is 0 Å². The molecule has 4 rings (SSSR count).